The SMILES string of the molecule is CC(C)CC(C)N(C)S(=O)(=O)C(C)CNC1CC1. The van der Waals surface area contributed by atoms with Crippen molar-refractivity contribution in [3.05, 3.63) is 0 Å². The van der Waals surface area contributed by atoms with E-state index in [4.69, 9.17) is 0 Å². The van der Waals surface area contributed by atoms with E-state index >= 15 is 0 Å². The number of hydrogen-bond donors (Lipinski definition) is 1. The van der Waals surface area contributed by atoms with Crippen LogP contribution >= 0.6 is 0 Å². The molecule has 1 saturated carbocycles. The fraction of sp³-hybridized carbons (Fsp3) is 1.00. The Morgan fingerprint density at radius 2 is 1.78 bits per heavy atom. The smallest absolute Gasteiger partial charge is 0.217 e. The predicted molar refractivity (Wildman–Crippen MR) is 76.1 cm³/mol. The summed E-state index contributed by atoms with van der Waals surface area (Å²) >= 11 is 0. The van der Waals surface area contributed by atoms with Gasteiger partial charge in [0.25, 0.3) is 0 Å². The Kier molecular flexibility index (Phi) is 5.62. The van der Waals surface area contributed by atoms with Crippen molar-refractivity contribution >= 4 is 10.0 Å². The molecular formula is C13H28N2O2S. The highest BCUT2D eigenvalue weighted by Gasteiger charge is 2.31. The zero-order valence-corrected chi connectivity index (χ0v) is 13.1. The molecule has 0 spiro atoms. The summed E-state index contributed by atoms with van der Waals surface area (Å²) in [6, 6.07) is 0.624. The third-order valence-electron chi connectivity index (χ3n) is 3.61. The molecule has 5 heteroatoms. The van der Waals surface area contributed by atoms with Gasteiger partial charge in [-0.25, -0.2) is 12.7 Å². The van der Waals surface area contributed by atoms with E-state index in [1.807, 2.05) is 6.92 Å². The van der Waals surface area contributed by atoms with Crippen LogP contribution in [0.15, 0.2) is 0 Å². The van der Waals surface area contributed by atoms with Gasteiger partial charge in [0.05, 0.1) is 5.25 Å². The van der Waals surface area contributed by atoms with Crippen molar-refractivity contribution in [2.45, 2.75) is 64.3 Å². The van der Waals surface area contributed by atoms with Crippen molar-refractivity contribution in [1.82, 2.24) is 9.62 Å². The van der Waals surface area contributed by atoms with Gasteiger partial charge in [-0.05, 0) is 39.0 Å². The summed E-state index contributed by atoms with van der Waals surface area (Å²) in [6.07, 6.45) is 3.28. The van der Waals surface area contributed by atoms with Gasteiger partial charge in [0, 0.05) is 25.7 Å². The summed E-state index contributed by atoms with van der Waals surface area (Å²) in [6.45, 7) is 8.58. The van der Waals surface area contributed by atoms with Crippen LogP contribution in [0.25, 0.3) is 0 Å². The molecular weight excluding hydrogens is 248 g/mol. The molecule has 1 N–H and O–H groups in total. The van der Waals surface area contributed by atoms with Gasteiger partial charge >= 0.3 is 0 Å². The molecule has 1 fully saturated rings. The maximum Gasteiger partial charge on any atom is 0.217 e. The maximum atomic E-state index is 12.4. The third kappa shape index (κ3) is 4.52. The molecule has 0 bridgehead atoms. The average molecular weight is 276 g/mol. The Bertz CT molecular complexity index is 350. The normalized spacial score (nSPS) is 20.4. The molecule has 0 amide bonds. The minimum Gasteiger partial charge on any atom is -0.313 e. The van der Waals surface area contributed by atoms with Crippen molar-refractivity contribution in [2.24, 2.45) is 5.92 Å². The van der Waals surface area contributed by atoms with E-state index in [1.54, 1.807) is 18.3 Å². The topological polar surface area (TPSA) is 49.4 Å². The third-order valence-corrected chi connectivity index (χ3v) is 5.96. The Hall–Kier alpha value is -0.130. The van der Waals surface area contributed by atoms with Crippen LogP contribution < -0.4 is 5.32 Å². The fourth-order valence-corrected chi connectivity index (χ4v) is 3.55. The van der Waals surface area contributed by atoms with E-state index < -0.39 is 10.0 Å². The van der Waals surface area contributed by atoms with Crippen LogP contribution in [0.1, 0.15) is 47.0 Å². The number of hydrogen-bond acceptors (Lipinski definition) is 3. The highest BCUT2D eigenvalue weighted by Crippen LogP contribution is 2.20. The van der Waals surface area contributed by atoms with Gasteiger partial charge in [-0.3, -0.25) is 0 Å². The van der Waals surface area contributed by atoms with Gasteiger partial charge in [-0.15, -0.1) is 0 Å². The molecule has 0 aromatic heterocycles. The van der Waals surface area contributed by atoms with Crippen molar-refractivity contribution < 1.29 is 8.42 Å². The van der Waals surface area contributed by atoms with Crippen molar-refractivity contribution in [3.63, 3.8) is 0 Å². The molecule has 2 unspecified atom stereocenters. The molecule has 0 aromatic carbocycles. The number of rotatable bonds is 8. The summed E-state index contributed by atoms with van der Waals surface area (Å²) in [5.41, 5.74) is 0. The largest absolute Gasteiger partial charge is 0.313 e. The molecule has 1 aliphatic carbocycles. The molecule has 108 valence electrons. The Balaban J connectivity index is 2.53. The van der Waals surface area contributed by atoms with Gasteiger partial charge in [0.1, 0.15) is 0 Å². The van der Waals surface area contributed by atoms with Crippen LogP contribution in [0.2, 0.25) is 0 Å². The van der Waals surface area contributed by atoms with Crippen molar-refractivity contribution in [3.8, 4) is 0 Å². The second-order valence-electron chi connectivity index (χ2n) is 6.03. The first-order valence-corrected chi connectivity index (χ1v) is 8.45. The number of sulfonamides is 1. The monoisotopic (exact) mass is 276 g/mol. The van der Waals surface area contributed by atoms with E-state index in [-0.39, 0.29) is 11.3 Å². The zero-order valence-electron chi connectivity index (χ0n) is 12.3. The minimum absolute atomic E-state index is 0.0679. The van der Waals surface area contributed by atoms with Gasteiger partial charge in [-0.1, -0.05) is 13.8 Å². The maximum absolute atomic E-state index is 12.4. The Labute approximate surface area is 112 Å². The summed E-state index contributed by atoms with van der Waals surface area (Å²) in [4.78, 5) is 0. The molecule has 0 heterocycles. The lowest BCUT2D eigenvalue weighted by molar-refractivity contribution is 0.334. The zero-order chi connectivity index (χ0) is 13.9. The van der Waals surface area contributed by atoms with E-state index in [1.165, 1.54) is 12.8 Å². The Morgan fingerprint density at radius 1 is 1.22 bits per heavy atom. The van der Waals surface area contributed by atoms with E-state index in [0.29, 0.717) is 18.5 Å². The minimum atomic E-state index is -3.18. The van der Waals surface area contributed by atoms with E-state index in [2.05, 4.69) is 19.2 Å². The fourth-order valence-electron chi connectivity index (χ4n) is 2.09. The number of nitrogens with one attached hydrogen (secondary N) is 1. The molecule has 18 heavy (non-hydrogen) atoms. The molecule has 1 aliphatic rings. The first-order valence-electron chi connectivity index (χ1n) is 6.95. The lowest BCUT2D eigenvalue weighted by Gasteiger charge is -2.28. The molecule has 0 aromatic rings. The lowest BCUT2D eigenvalue weighted by atomic mass is 10.1. The quantitative estimate of drug-likeness (QED) is 0.736. The summed E-state index contributed by atoms with van der Waals surface area (Å²) < 4.78 is 26.3. The van der Waals surface area contributed by atoms with Crippen LogP contribution in [0.5, 0.6) is 0 Å². The van der Waals surface area contributed by atoms with Crippen LogP contribution in [0.3, 0.4) is 0 Å². The predicted octanol–water partition coefficient (Wildman–Crippen LogP) is 1.82. The first kappa shape index (κ1) is 15.9. The van der Waals surface area contributed by atoms with Crippen LogP contribution in [0, 0.1) is 5.92 Å². The summed E-state index contributed by atoms with van der Waals surface area (Å²) in [5.74, 6) is 0.512. The lowest BCUT2D eigenvalue weighted by Crippen LogP contribution is -2.44. The molecule has 1 rings (SSSR count). The Morgan fingerprint density at radius 3 is 2.22 bits per heavy atom. The second-order valence-corrected chi connectivity index (χ2v) is 8.44. The van der Waals surface area contributed by atoms with E-state index in [0.717, 1.165) is 6.42 Å². The molecule has 0 saturated heterocycles. The van der Waals surface area contributed by atoms with Gasteiger partial charge in [0.2, 0.25) is 10.0 Å². The molecule has 0 radical (unpaired) electrons. The summed E-state index contributed by atoms with van der Waals surface area (Å²) in [5, 5.41) is 2.94. The van der Waals surface area contributed by atoms with Gasteiger partial charge < -0.3 is 5.32 Å². The summed E-state index contributed by atoms with van der Waals surface area (Å²) in [7, 11) is -1.48. The molecule has 2 atom stereocenters. The highest BCUT2D eigenvalue weighted by atomic mass is 32.2. The number of nitrogens with zero attached hydrogens (tertiary/aromatic N) is 1. The molecule has 4 nitrogen and oxygen atoms in total. The van der Waals surface area contributed by atoms with E-state index in [9.17, 15) is 8.42 Å². The average Bonchev–Trinajstić information content (AvgIpc) is 3.07. The van der Waals surface area contributed by atoms with Crippen molar-refractivity contribution in [1.29, 1.82) is 0 Å². The highest BCUT2D eigenvalue weighted by molar-refractivity contribution is 7.89. The van der Waals surface area contributed by atoms with Gasteiger partial charge in [0.15, 0.2) is 0 Å². The molecule has 0 aliphatic heterocycles. The van der Waals surface area contributed by atoms with Crippen LogP contribution in [-0.4, -0.2) is 43.6 Å². The second kappa shape index (κ2) is 6.35. The standard InChI is InChI=1S/C13H28N2O2S/c1-10(2)8-11(3)15(5)18(16,17)12(4)9-14-13-6-7-13/h10-14H,6-9H2,1-5H3. The van der Waals surface area contributed by atoms with Crippen LogP contribution in [0.4, 0.5) is 0 Å². The van der Waals surface area contributed by atoms with Crippen LogP contribution in [-0.2, 0) is 10.0 Å². The van der Waals surface area contributed by atoms with Crippen molar-refractivity contribution in [2.75, 3.05) is 13.6 Å². The van der Waals surface area contributed by atoms with Gasteiger partial charge in [-0.2, -0.15) is 0 Å². The first-order chi connectivity index (χ1) is 8.25.